The molecular weight excluding hydrogens is 285 g/mol. The van der Waals surface area contributed by atoms with Gasteiger partial charge >= 0.3 is 6.36 Å². The van der Waals surface area contributed by atoms with Gasteiger partial charge in [0.15, 0.2) is 11.4 Å². The van der Waals surface area contributed by atoms with Crippen molar-refractivity contribution in [3.8, 4) is 16.9 Å². The Morgan fingerprint density at radius 3 is 2.33 bits per heavy atom. The fourth-order valence-electron chi connectivity index (χ4n) is 1.99. The predicted octanol–water partition coefficient (Wildman–Crippen LogP) is 3.98. The Bertz CT molecular complexity index is 779. The van der Waals surface area contributed by atoms with Gasteiger partial charge < -0.3 is 15.0 Å². The number of nitrogens with zero attached hydrogens (tertiary/aromatic N) is 1. The molecule has 4 nitrogen and oxygen atoms in total. The van der Waals surface area contributed by atoms with Crippen LogP contribution in [0.5, 0.6) is 5.75 Å². The molecule has 0 amide bonds. The SMILES string of the molecule is Nc1noc2ccc(-c3ccc(OC(F)(F)F)cc3)cc12. The number of fused-ring (bicyclic) bond motifs is 1. The van der Waals surface area contributed by atoms with Gasteiger partial charge in [0.2, 0.25) is 0 Å². The molecule has 0 aliphatic rings. The van der Waals surface area contributed by atoms with E-state index < -0.39 is 6.36 Å². The first-order valence-electron chi connectivity index (χ1n) is 5.93. The van der Waals surface area contributed by atoms with E-state index in [1.807, 2.05) is 0 Å². The average Bonchev–Trinajstić information content (AvgIpc) is 2.79. The summed E-state index contributed by atoms with van der Waals surface area (Å²) in [6.07, 6.45) is -4.70. The minimum atomic E-state index is -4.70. The molecule has 0 atom stereocenters. The van der Waals surface area contributed by atoms with Crippen LogP contribution in [0.2, 0.25) is 0 Å². The number of halogens is 3. The minimum Gasteiger partial charge on any atom is -0.406 e. The Labute approximate surface area is 116 Å². The summed E-state index contributed by atoms with van der Waals surface area (Å²) in [6, 6.07) is 10.8. The molecule has 2 aromatic carbocycles. The summed E-state index contributed by atoms with van der Waals surface area (Å²) in [6.45, 7) is 0. The monoisotopic (exact) mass is 294 g/mol. The van der Waals surface area contributed by atoms with Gasteiger partial charge in [-0.05, 0) is 35.4 Å². The molecule has 0 saturated heterocycles. The molecule has 2 N–H and O–H groups in total. The smallest absolute Gasteiger partial charge is 0.406 e. The number of anilines is 1. The van der Waals surface area contributed by atoms with Gasteiger partial charge in [0.1, 0.15) is 5.75 Å². The van der Waals surface area contributed by atoms with Gasteiger partial charge in [0, 0.05) is 0 Å². The molecular formula is C14H9F3N2O2. The Morgan fingerprint density at radius 1 is 1.00 bits per heavy atom. The number of hydrogen-bond acceptors (Lipinski definition) is 4. The summed E-state index contributed by atoms with van der Waals surface area (Å²) in [5, 5.41) is 4.30. The Balaban J connectivity index is 1.93. The third-order valence-electron chi connectivity index (χ3n) is 2.92. The first-order valence-corrected chi connectivity index (χ1v) is 5.93. The number of rotatable bonds is 2. The van der Waals surface area contributed by atoms with Gasteiger partial charge in [0.25, 0.3) is 0 Å². The molecule has 21 heavy (non-hydrogen) atoms. The summed E-state index contributed by atoms with van der Waals surface area (Å²) >= 11 is 0. The van der Waals surface area contributed by atoms with E-state index in [2.05, 4.69) is 9.89 Å². The van der Waals surface area contributed by atoms with Gasteiger partial charge in [0.05, 0.1) is 5.39 Å². The lowest BCUT2D eigenvalue weighted by Crippen LogP contribution is -2.16. The van der Waals surface area contributed by atoms with Crippen molar-refractivity contribution in [1.82, 2.24) is 5.16 Å². The summed E-state index contributed by atoms with van der Waals surface area (Å²) in [4.78, 5) is 0. The summed E-state index contributed by atoms with van der Waals surface area (Å²) in [7, 11) is 0. The van der Waals surface area contributed by atoms with Crippen LogP contribution in [0.1, 0.15) is 0 Å². The average molecular weight is 294 g/mol. The number of nitrogens with two attached hydrogens (primary N) is 1. The zero-order valence-electron chi connectivity index (χ0n) is 10.5. The molecule has 0 aliphatic heterocycles. The number of hydrogen-bond donors (Lipinski definition) is 1. The topological polar surface area (TPSA) is 61.3 Å². The third-order valence-corrected chi connectivity index (χ3v) is 2.92. The van der Waals surface area contributed by atoms with Crippen LogP contribution in [-0.2, 0) is 0 Å². The summed E-state index contributed by atoms with van der Waals surface area (Å²) in [5.41, 5.74) is 7.73. The predicted molar refractivity (Wildman–Crippen MR) is 70.5 cm³/mol. The van der Waals surface area contributed by atoms with Gasteiger partial charge in [-0.3, -0.25) is 0 Å². The molecule has 0 saturated carbocycles. The maximum Gasteiger partial charge on any atom is 0.573 e. The number of ether oxygens (including phenoxy) is 1. The van der Waals surface area contributed by atoms with Crippen molar-refractivity contribution in [2.45, 2.75) is 6.36 Å². The number of alkyl halides is 3. The third kappa shape index (κ3) is 2.76. The molecule has 108 valence electrons. The van der Waals surface area contributed by atoms with Crippen LogP contribution in [0.25, 0.3) is 22.1 Å². The first-order chi connectivity index (χ1) is 9.92. The number of aromatic nitrogens is 1. The quantitative estimate of drug-likeness (QED) is 0.776. The van der Waals surface area contributed by atoms with Crippen LogP contribution < -0.4 is 10.5 Å². The highest BCUT2D eigenvalue weighted by molar-refractivity contribution is 5.90. The van der Waals surface area contributed by atoms with Crippen molar-refractivity contribution in [2.75, 3.05) is 5.73 Å². The lowest BCUT2D eigenvalue weighted by molar-refractivity contribution is -0.274. The van der Waals surface area contributed by atoms with Crippen molar-refractivity contribution < 1.29 is 22.4 Å². The van der Waals surface area contributed by atoms with Crippen LogP contribution in [0, 0.1) is 0 Å². The van der Waals surface area contributed by atoms with Crippen molar-refractivity contribution in [2.24, 2.45) is 0 Å². The van der Waals surface area contributed by atoms with Gasteiger partial charge in [-0.25, -0.2) is 0 Å². The van der Waals surface area contributed by atoms with Crippen LogP contribution in [0.3, 0.4) is 0 Å². The molecule has 3 rings (SSSR count). The van der Waals surface area contributed by atoms with E-state index >= 15 is 0 Å². The molecule has 0 bridgehead atoms. The largest absolute Gasteiger partial charge is 0.573 e. The minimum absolute atomic E-state index is 0.267. The lowest BCUT2D eigenvalue weighted by atomic mass is 10.0. The molecule has 0 spiro atoms. The van der Waals surface area contributed by atoms with E-state index in [9.17, 15) is 13.2 Å². The molecule has 1 heterocycles. The molecule has 1 aromatic heterocycles. The maximum absolute atomic E-state index is 12.1. The Morgan fingerprint density at radius 2 is 1.67 bits per heavy atom. The fraction of sp³-hybridized carbons (Fsp3) is 0.0714. The van der Waals surface area contributed by atoms with E-state index in [0.29, 0.717) is 11.0 Å². The first kappa shape index (κ1) is 13.3. The summed E-state index contributed by atoms with van der Waals surface area (Å²) in [5.74, 6) is 0.000643. The van der Waals surface area contributed by atoms with Crippen LogP contribution in [0.4, 0.5) is 19.0 Å². The van der Waals surface area contributed by atoms with E-state index in [-0.39, 0.29) is 11.6 Å². The number of benzene rings is 2. The lowest BCUT2D eigenvalue weighted by Gasteiger charge is -2.09. The van der Waals surface area contributed by atoms with Crippen molar-refractivity contribution in [3.05, 3.63) is 42.5 Å². The van der Waals surface area contributed by atoms with Crippen LogP contribution >= 0.6 is 0 Å². The molecule has 7 heteroatoms. The standard InChI is InChI=1S/C14H9F3N2O2/c15-14(16,17)20-10-4-1-8(2-5-10)9-3-6-12-11(7-9)13(18)19-21-12/h1-7H,(H2,18,19). The van der Waals surface area contributed by atoms with E-state index in [0.717, 1.165) is 11.1 Å². The van der Waals surface area contributed by atoms with Gasteiger partial charge in [-0.1, -0.05) is 23.4 Å². The molecule has 3 aromatic rings. The van der Waals surface area contributed by atoms with Crippen molar-refractivity contribution >= 4 is 16.8 Å². The highest BCUT2D eigenvalue weighted by Crippen LogP contribution is 2.30. The zero-order valence-corrected chi connectivity index (χ0v) is 10.5. The molecule has 0 unspecified atom stereocenters. The van der Waals surface area contributed by atoms with E-state index in [1.54, 1.807) is 18.2 Å². The maximum atomic E-state index is 12.1. The second-order valence-electron chi connectivity index (χ2n) is 4.35. The van der Waals surface area contributed by atoms with E-state index in [4.69, 9.17) is 10.3 Å². The highest BCUT2D eigenvalue weighted by Gasteiger charge is 2.30. The van der Waals surface area contributed by atoms with Gasteiger partial charge in [-0.15, -0.1) is 13.2 Å². The number of nitrogen functional groups attached to an aromatic ring is 1. The molecule has 0 aliphatic carbocycles. The Hall–Kier alpha value is -2.70. The fourth-order valence-corrected chi connectivity index (χ4v) is 1.99. The van der Waals surface area contributed by atoms with Crippen molar-refractivity contribution in [1.29, 1.82) is 0 Å². The van der Waals surface area contributed by atoms with Crippen molar-refractivity contribution in [3.63, 3.8) is 0 Å². The van der Waals surface area contributed by atoms with Crippen LogP contribution in [0.15, 0.2) is 47.0 Å². The second kappa shape index (κ2) is 4.69. The van der Waals surface area contributed by atoms with E-state index in [1.165, 1.54) is 24.3 Å². The second-order valence-corrected chi connectivity index (χ2v) is 4.35. The van der Waals surface area contributed by atoms with Crippen LogP contribution in [-0.4, -0.2) is 11.5 Å². The zero-order chi connectivity index (χ0) is 15.0. The highest BCUT2D eigenvalue weighted by atomic mass is 19.4. The Kier molecular flexibility index (Phi) is 2.97. The summed E-state index contributed by atoms with van der Waals surface area (Å²) < 4.78 is 45.1. The molecule has 0 radical (unpaired) electrons. The van der Waals surface area contributed by atoms with Gasteiger partial charge in [-0.2, -0.15) is 0 Å². The normalized spacial score (nSPS) is 11.8. The molecule has 0 fully saturated rings.